The van der Waals surface area contributed by atoms with Crippen molar-refractivity contribution in [2.75, 3.05) is 6.61 Å². The minimum absolute atomic E-state index is 0.0206. The fourth-order valence-corrected chi connectivity index (χ4v) is 9.44. The Kier molecular flexibility index (Phi) is 6.33. The van der Waals surface area contributed by atoms with Crippen LogP contribution >= 0.6 is 0 Å². The van der Waals surface area contributed by atoms with Gasteiger partial charge in [0.25, 0.3) is 0 Å². The van der Waals surface area contributed by atoms with Gasteiger partial charge in [-0.1, -0.05) is 54.6 Å². The van der Waals surface area contributed by atoms with E-state index in [1.165, 1.54) is 24.3 Å². The number of ether oxygens (including phenoxy) is 1. The summed E-state index contributed by atoms with van der Waals surface area (Å²) in [6.07, 6.45) is 1.28. The minimum Gasteiger partial charge on any atom is -0.371 e. The van der Waals surface area contributed by atoms with Crippen molar-refractivity contribution in [3.8, 4) is 0 Å². The molecule has 0 spiro atoms. The fraction of sp³-hybridized carbons (Fsp3) is 0.333. The fourth-order valence-electron chi connectivity index (χ4n) is 4.29. The van der Waals surface area contributed by atoms with E-state index in [1.807, 2.05) is 13.8 Å². The molecule has 2 aromatic rings. The highest BCUT2D eigenvalue weighted by Gasteiger charge is 2.63. The smallest absolute Gasteiger partial charge is 0.199 e. The lowest BCUT2D eigenvalue weighted by Gasteiger charge is -2.34. The van der Waals surface area contributed by atoms with Crippen LogP contribution in [0, 0.1) is 5.92 Å². The summed E-state index contributed by atoms with van der Waals surface area (Å²) >= 11 is 0. The van der Waals surface area contributed by atoms with Gasteiger partial charge in [-0.25, -0.2) is 16.8 Å². The molecule has 3 rings (SSSR count). The molecule has 0 amide bonds. The maximum atomic E-state index is 13.9. The second kappa shape index (κ2) is 8.37. The van der Waals surface area contributed by atoms with Gasteiger partial charge in [0.2, 0.25) is 0 Å². The first-order chi connectivity index (χ1) is 14.5. The van der Waals surface area contributed by atoms with Crippen molar-refractivity contribution in [3.63, 3.8) is 0 Å². The highest BCUT2D eigenvalue weighted by molar-refractivity contribution is 8.10. The molecule has 0 aliphatic heterocycles. The van der Waals surface area contributed by atoms with Gasteiger partial charge in [-0.3, -0.25) is 0 Å². The number of rotatable bonds is 8. The summed E-state index contributed by atoms with van der Waals surface area (Å²) in [4.78, 5) is -0.0412. The molecule has 1 aliphatic carbocycles. The number of hydrogen-bond acceptors (Lipinski definition) is 5. The summed E-state index contributed by atoms with van der Waals surface area (Å²) < 4.78 is 59.5. The van der Waals surface area contributed by atoms with Crippen molar-refractivity contribution in [3.05, 3.63) is 85.5 Å². The third-order valence-corrected chi connectivity index (χ3v) is 11.7. The third-order valence-electron chi connectivity index (χ3n) is 6.00. The van der Waals surface area contributed by atoms with Gasteiger partial charge in [-0.05, 0) is 44.5 Å². The van der Waals surface area contributed by atoms with E-state index >= 15 is 0 Å². The van der Waals surface area contributed by atoms with Gasteiger partial charge >= 0.3 is 0 Å². The SMILES string of the molecule is C=CCOC(C)(C)C1CC(S(=O)(=O)c2ccccc2)(S(=O)(=O)c2ccccc2)CC1=C. The van der Waals surface area contributed by atoms with Crippen LogP contribution in [0.15, 0.2) is 95.3 Å². The molecule has 1 unspecified atom stereocenters. The summed E-state index contributed by atoms with van der Waals surface area (Å²) in [5, 5.41) is 0. The van der Waals surface area contributed by atoms with Gasteiger partial charge < -0.3 is 4.74 Å². The van der Waals surface area contributed by atoms with Crippen LogP contribution in [0.5, 0.6) is 0 Å². The van der Waals surface area contributed by atoms with Crippen molar-refractivity contribution in [2.45, 2.75) is 46.2 Å². The predicted molar refractivity (Wildman–Crippen MR) is 122 cm³/mol. The molecular formula is C24H28O5S2. The Morgan fingerprint density at radius 1 is 0.968 bits per heavy atom. The summed E-state index contributed by atoms with van der Waals surface area (Å²) in [5.74, 6) is -0.468. The monoisotopic (exact) mass is 460 g/mol. The molecule has 2 aromatic carbocycles. The number of benzene rings is 2. The van der Waals surface area contributed by atoms with Crippen LogP contribution in [0.4, 0.5) is 0 Å². The zero-order valence-electron chi connectivity index (χ0n) is 17.8. The van der Waals surface area contributed by atoms with Gasteiger partial charge in [0.15, 0.2) is 23.8 Å². The second-order valence-corrected chi connectivity index (χ2v) is 13.1. The molecule has 1 aliphatic rings. The molecule has 0 bridgehead atoms. The lowest BCUT2D eigenvalue weighted by atomic mass is 9.87. The molecule has 5 nitrogen and oxygen atoms in total. The average molecular weight is 461 g/mol. The maximum absolute atomic E-state index is 13.9. The molecule has 1 fully saturated rings. The van der Waals surface area contributed by atoms with Crippen LogP contribution in [0.1, 0.15) is 26.7 Å². The molecule has 0 heterocycles. The number of hydrogen-bond donors (Lipinski definition) is 0. The lowest BCUT2D eigenvalue weighted by molar-refractivity contribution is -0.0341. The van der Waals surface area contributed by atoms with Gasteiger partial charge in [0.1, 0.15) is 0 Å². The Morgan fingerprint density at radius 2 is 1.42 bits per heavy atom. The number of sulfone groups is 2. The van der Waals surface area contributed by atoms with Crippen LogP contribution in [0.2, 0.25) is 0 Å². The molecule has 0 radical (unpaired) electrons. The van der Waals surface area contributed by atoms with Crippen molar-refractivity contribution < 1.29 is 21.6 Å². The van der Waals surface area contributed by atoms with E-state index < -0.39 is 35.3 Å². The molecule has 0 aromatic heterocycles. The first kappa shape index (κ1) is 23.4. The molecular weight excluding hydrogens is 432 g/mol. The van der Waals surface area contributed by atoms with E-state index in [9.17, 15) is 16.8 Å². The molecule has 7 heteroatoms. The zero-order valence-corrected chi connectivity index (χ0v) is 19.5. The Morgan fingerprint density at radius 3 is 1.84 bits per heavy atom. The summed E-state index contributed by atoms with van der Waals surface area (Å²) in [6, 6.07) is 15.5. The predicted octanol–water partition coefficient (Wildman–Crippen LogP) is 4.58. The Bertz CT molecular complexity index is 1100. The van der Waals surface area contributed by atoms with Crippen LogP contribution in [-0.2, 0) is 24.4 Å². The Balaban J connectivity index is 2.23. The van der Waals surface area contributed by atoms with E-state index in [0.29, 0.717) is 5.57 Å². The Labute approximate surface area is 185 Å². The molecule has 0 N–H and O–H groups in total. The minimum atomic E-state index is -4.28. The summed E-state index contributed by atoms with van der Waals surface area (Å²) in [6.45, 7) is 11.7. The molecule has 166 valence electrons. The van der Waals surface area contributed by atoms with E-state index in [0.717, 1.165) is 0 Å². The largest absolute Gasteiger partial charge is 0.371 e. The summed E-state index contributed by atoms with van der Waals surface area (Å²) in [7, 11) is -8.55. The van der Waals surface area contributed by atoms with Gasteiger partial charge in [-0.15, -0.1) is 6.58 Å². The van der Waals surface area contributed by atoms with E-state index in [1.54, 1.807) is 42.5 Å². The van der Waals surface area contributed by atoms with E-state index in [-0.39, 0.29) is 29.2 Å². The van der Waals surface area contributed by atoms with E-state index in [4.69, 9.17) is 4.74 Å². The zero-order chi connectivity index (χ0) is 22.9. The van der Waals surface area contributed by atoms with Crippen LogP contribution in [0.25, 0.3) is 0 Å². The van der Waals surface area contributed by atoms with E-state index in [2.05, 4.69) is 13.2 Å². The first-order valence-electron chi connectivity index (χ1n) is 10.0. The highest BCUT2D eigenvalue weighted by atomic mass is 32.3. The van der Waals surface area contributed by atoms with Crippen molar-refractivity contribution in [2.24, 2.45) is 5.92 Å². The molecule has 31 heavy (non-hydrogen) atoms. The van der Waals surface area contributed by atoms with Crippen LogP contribution < -0.4 is 0 Å². The third kappa shape index (κ3) is 3.90. The van der Waals surface area contributed by atoms with Gasteiger partial charge in [0, 0.05) is 12.3 Å². The van der Waals surface area contributed by atoms with Crippen LogP contribution in [-0.4, -0.2) is 33.1 Å². The second-order valence-electron chi connectivity index (χ2n) is 8.34. The van der Waals surface area contributed by atoms with Crippen molar-refractivity contribution in [1.82, 2.24) is 0 Å². The average Bonchev–Trinajstić information content (AvgIpc) is 3.14. The quantitative estimate of drug-likeness (QED) is 0.539. The molecule has 0 saturated heterocycles. The van der Waals surface area contributed by atoms with Crippen LogP contribution in [0.3, 0.4) is 0 Å². The topological polar surface area (TPSA) is 77.5 Å². The van der Waals surface area contributed by atoms with Crippen molar-refractivity contribution >= 4 is 19.7 Å². The standard InChI is InChI=1S/C24H28O5S2/c1-5-16-29-23(3,4)22-18-24(17-19(22)2,30(25,26)20-12-8-6-9-13-20)31(27,28)21-14-10-7-11-15-21/h5-15,22H,1-2,16-18H2,3-4H3. The molecule has 1 atom stereocenters. The van der Waals surface area contributed by atoms with Crippen molar-refractivity contribution in [1.29, 1.82) is 0 Å². The lowest BCUT2D eigenvalue weighted by Crippen LogP contribution is -2.45. The normalized spacial score (nSPS) is 19.3. The molecule has 1 saturated carbocycles. The highest BCUT2D eigenvalue weighted by Crippen LogP contribution is 2.54. The Hall–Kier alpha value is -2.22. The first-order valence-corrected chi connectivity index (χ1v) is 13.0. The van der Waals surface area contributed by atoms with Gasteiger partial charge in [0.05, 0.1) is 22.0 Å². The maximum Gasteiger partial charge on any atom is 0.199 e. The summed E-state index contributed by atoms with van der Waals surface area (Å²) in [5.41, 5.74) is -0.265. The van der Waals surface area contributed by atoms with Gasteiger partial charge in [-0.2, -0.15) is 0 Å².